The Kier molecular flexibility index (Phi) is 28.6. The molecular formula is C31H62F2O3S. The third-order valence-electron chi connectivity index (χ3n) is 7.33. The Bertz CT molecular complexity index is 541. The van der Waals surface area contributed by atoms with E-state index in [1.165, 1.54) is 103 Å². The smallest absolute Gasteiger partial charge is 0.267 e. The van der Waals surface area contributed by atoms with Gasteiger partial charge >= 0.3 is 0 Å². The second-order valence-corrected chi connectivity index (χ2v) is 12.9. The molecular weight excluding hydrogens is 490 g/mol. The van der Waals surface area contributed by atoms with E-state index in [1.54, 1.807) is 0 Å². The van der Waals surface area contributed by atoms with Crippen LogP contribution < -0.4 is 0 Å². The van der Waals surface area contributed by atoms with Crippen molar-refractivity contribution in [2.24, 2.45) is 0 Å². The summed E-state index contributed by atoms with van der Waals surface area (Å²) < 4.78 is 53.2. The fraction of sp³-hybridized carbons (Fsp3) is 1.00. The van der Waals surface area contributed by atoms with Crippen LogP contribution in [-0.2, 0) is 14.3 Å². The van der Waals surface area contributed by atoms with Crippen molar-refractivity contribution in [2.45, 2.75) is 187 Å². The van der Waals surface area contributed by atoms with Crippen molar-refractivity contribution in [3.05, 3.63) is 0 Å². The topological polar surface area (TPSA) is 43.4 Å². The van der Waals surface area contributed by atoms with Gasteiger partial charge in [-0.15, -0.1) is 0 Å². The van der Waals surface area contributed by atoms with Crippen LogP contribution in [-0.4, -0.2) is 27.2 Å². The van der Waals surface area contributed by atoms with Crippen LogP contribution in [0.1, 0.15) is 180 Å². The fourth-order valence-electron chi connectivity index (χ4n) is 4.89. The maximum absolute atomic E-state index is 12.0. The Labute approximate surface area is 230 Å². The number of rotatable bonds is 31. The predicted octanol–water partition coefficient (Wildman–Crippen LogP) is 11.2. The minimum Gasteiger partial charge on any atom is -0.270 e. The van der Waals surface area contributed by atoms with E-state index in [0.717, 1.165) is 51.4 Å². The van der Waals surface area contributed by atoms with Crippen LogP contribution in [0.25, 0.3) is 0 Å². The Balaban J connectivity index is 3.27. The van der Waals surface area contributed by atoms with E-state index >= 15 is 0 Å². The van der Waals surface area contributed by atoms with Crippen LogP contribution in [0.15, 0.2) is 0 Å². The zero-order valence-corrected chi connectivity index (χ0v) is 25.3. The highest BCUT2D eigenvalue weighted by Gasteiger charge is 2.10. The molecule has 0 aromatic carbocycles. The van der Waals surface area contributed by atoms with Crippen LogP contribution in [0.4, 0.5) is 8.78 Å². The molecule has 0 fully saturated rings. The highest BCUT2D eigenvalue weighted by atomic mass is 32.2. The van der Waals surface area contributed by atoms with E-state index in [-0.39, 0.29) is 12.2 Å². The molecule has 0 aliphatic carbocycles. The fourth-order valence-corrected chi connectivity index (χ4v) is 5.93. The summed E-state index contributed by atoms with van der Waals surface area (Å²) in [6.45, 7) is 2.59. The molecule has 0 amide bonds. The van der Waals surface area contributed by atoms with E-state index in [4.69, 9.17) is 4.18 Å². The molecule has 0 aromatic rings. The molecule has 0 atom stereocenters. The zero-order valence-electron chi connectivity index (χ0n) is 24.5. The van der Waals surface area contributed by atoms with Gasteiger partial charge < -0.3 is 0 Å². The lowest BCUT2D eigenvalue weighted by Gasteiger charge is -2.06. The van der Waals surface area contributed by atoms with Gasteiger partial charge in [0.2, 0.25) is 6.43 Å². The number of hydrogen-bond donors (Lipinski definition) is 0. The molecule has 224 valence electrons. The lowest BCUT2D eigenvalue weighted by molar-refractivity contribution is 0.133. The van der Waals surface area contributed by atoms with Crippen molar-refractivity contribution in [3.8, 4) is 0 Å². The minimum atomic E-state index is -3.39. The van der Waals surface area contributed by atoms with E-state index in [1.807, 2.05) is 0 Å². The molecule has 0 saturated heterocycles. The van der Waals surface area contributed by atoms with Crippen LogP contribution in [0.3, 0.4) is 0 Å². The molecule has 0 radical (unpaired) electrons. The largest absolute Gasteiger partial charge is 0.270 e. The number of unbranched alkanes of at least 4 members (excludes halogenated alkanes) is 24. The van der Waals surface area contributed by atoms with E-state index in [2.05, 4.69) is 6.92 Å². The maximum Gasteiger partial charge on any atom is 0.267 e. The number of hydrogen-bond acceptors (Lipinski definition) is 3. The summed E-state index contributed by atoms with van der Waals surface area (Å²) >= 11 is 0. The standard InChI is InChI=1S/C31H62F2O3S/c1-2-3-4-5-6-7-8-9-10-11-12-13-14-15-17-20-23-26-29-36-37(34,35)30-27-24-21-18-16-19-22-25-28-31(32)33/h31H,2-30H2,1H3. The third-order valence-corrected chi connectivity index (χ3v) is 8.64. The van der Waals surface area contributed by atoms with Crippen LogP contribution >= 0.6 is 0 Å². The molecule has 0 N–H and O–H groups in total. The van der Waals surface area contributed by atoms with Gasteiger partial charge in [-0.2, -0.15) is 8.42 Å². The van der Waals surface area contributed by atoms with Crippen molar-refractivity contribution in [1.82, 2.24) is 0 Å². The second-order valence-electron chi connectivity index (χ2n) is 11.1. The second kappa shape index (κ2) is 28.8. The van der Waals surface area contributed by atoms with Crippen molar-refractivity contribution in [2.75, 3.05) is 12.4 Å². The summed E-state index contributed by atoms with van der Waals surface area (Å²) in [5.74, 6) is 0.112. The van der Waals surface area contributed by atoms with Gasteiger partial charge in [0.05, 0.1) is 12.4 Å². The van der Waals surface area contributed by atoms with Gasteiger partial charge in [-0.25, -0.2) is 8.78 Å². The van der Waals surface area contributed by atoms with Crippen molar-refractivity contribution >= 4 is 10.1 Å². The maximum atomic E-state index is 12.0. The van der Waals surface area contributed by atoms with Crippen LogP contribution in [0, 0.1) is 0 Å². The molecule has 6 heteroatoms. The Hall–Kier alpha value is -0.230. The molecule has 0 unspecified atom stereocenters. The predicted molar refractivity (Wildman–Crippen MR) is 156 cm³/mol. The zero-order chi connectivity index (χ0) is 27.3. The Morgan fingerprint density at radius 2 is 0.811 bits per heavy atom. The average Bonchev–Trinajstić information content (AvgIpc) is 2.86. The molecule has 0 aliphatic rings. The Morgan fingerprint density at radius 1 is 0.486 bits per heavy atom. The summed E-state index contributed by atoms with van der Waals surface area (Å²) in [4.78, 5) is 0. The molecule has 37 heavy (non-hydrogen) atoms. The van der Waals surface area contributed by atoms with Crippen LogP contribution in [0.5, 0.6) is 0 Å². The van der Waals surface area contributed by atoms with E-state index < -0.39 is 16.5 Å². The molecule has 0 saturated carbocycles. The van der Waals surface area contributed by atoms with Gasteiger partial charge in [0.1, 0.15) is 0 Å². The lowest BCUT2D eigenvalue weighted by atomic mass is 10.0. The number of halogens is 2. The van der Waals surface area contributed by atoms with Gasteiger partial charge in [-0.3, -0.25) is 4.18 Å². The van der Waals surface area contributed by atoms with Crippen molar-refractivity contribution in [1.29, 1.82) is 0 Å². The molecule has 0 aromatic heterocycles. The molecule has 0 bridgehead atoms. The first-order chi connectivity index (χ1) is 18.0. The van der Waals surface area contributed by atoms with Gasteiger partial charge in [0.15, 0.2) is 0 Å². The average molecular weight is 553 g/mol. The molecule has 0 heterocycles. The quantitative estimate of drug-likeness (QED) is 0.0634. The SMILES string of the molecule is CCCCCCCCCCCCCCCCCCCCOS(=O)(=O)CCCCCCCCCCC(F)F. The van der Waals surface area contributed by atoms with Crippen LogP contribution in [0.2, 0.25) is 0 Å². The summed E-state index contributed by atoms with van der Waals surface area (Å²) in [6.07, 6.45) is 28.7. The minimum absolute atomic E-state index is 0.0113. The monoisotopic (exact) mass is 552 g/mol. The van der Waals surface area contributed by atoms with Gasteiger partial charge in [0, 0.05) is 6.42 Å². The summed E-state index contributed by atoms with van der Waals surface area (Å²) in [5.41, 5.74) is 0. The Morgan fingerprint density at radius 3 is 1.19 bits per heavy atom. The molecule has 0 aliphatic heterocycles. The highest BCUT2D eigenvalue weighted by Crippen LogP contribution is 2.15. The highest BCUT2D eigenvalue weighted by molar-refractivity contribution is 7.86. The molecule has 0 spiro atoms. The van der Waals surface area contributed by atoms with E-state index in [9.17, 15) is 17.2 Å². The summed E-state index contributed by atoms with van der Waals surface area (Å²) in [6, 6.07) is 0. The molecule has 0 rings (SSSR count). The van der Waals surface area contributed by atoms with Crippen molar-refractivity contribution < 1.29 is 21.4 Å². The summed E-state index contributed by atoms with van der Waals surface area (Å²) in [7, 11) is -3.39. The van der Waals surface area contributed by atoms with E-state index in [0.29, 0.717) is 19.4 Å². The first-order valence-electron chi connectivity index (χ1n) is 16.1. The normalized spacial score (nSPS) is 12.1. The number of alkyl halides is 2. The van der Waals surface area contributed by atoms with Gasteiger partial charge in [-0.05, 0) is 19.3 Å². The van der Waals surface area contributed by atoms with Gasteiger partial charge in [-0.1, -0.05) is 155 Å². The third kappa shape index (κ3) is 31.9. The first kappa shape index (κ1) is 36.8. The molecule has 3 nitrogen and oxygen atoms in total. The summed E-state index contributed by atoms with van der Waals surface area (Å²) in [5, 5.41) is 0. The lowest BCUT2D eigenvalue weighted by Crippen LogP contribution is -2.11. The van der Waals surface area contributed by atoms with Gasteiger partial charge in [0.25, 0.3) is 10.1 Å². The van der Waals surface area contributed by atoms with Crippen molar-refractivity contribution in [3.63, 3.8) is 0 Å². The first-order valence-corrected chi connectivity index (χ1v) is 17.7.